The summed E-state index contributed by atoms with van der Waals surface area (Å²) in [5.41, 5.74) is 6.29. The van der Waals surface area contributed by atoms with Crippen LogP contribution in [0.2, 0.25) is 5.02 Å². The van der Waals surface area contributed by atoms with Gasteiger partial charge in [-0.3, -0.25) is 9.78 Å². The van der Waals surface area contributed by atoms with Gasteiger partial charge in [-0.25, -0.2) is 0 Å². The fourth-order valence-electron chi connectivity index (χ4n) is 0.888. The molecule has 1 rings (SSSR count). The molecule has 0 amide bonds. The van der Waals surface area contributed by atoms with Gasteiger partial charge in [-0.1, -0.05) is 11.6 Å². The average molecular weight is 247 g/mol. The Bertz CT molecular complexity index is 349. The predicted octanol–water partition coefficient (Wildman–Crippen LogP) is 1.38. The van der Waals surface area contributed by atoms with Crippen molar-refractivity contribution >= 4 is 29.3 Å². The van der Waals surface area contributed by atoms with Crippen molar-refractivity contribution in [2.45, 2.75) is 11.8 Å². The van der Waals surface area contributed by atoms with E-state index in [-0.39, 0.29) is 0 Å². The van der Waals surface area contributed by atoms with Crippen LogP contribution in [0, 0.1) is 0 Å². The van der Waals surface area contributed by atoms with E-state index >= 15 is 0 Å². The molecular formula is C9H11ClN2O2S. The molecule has 1 atom stereocenters. The summed E-state index contributed by atoms with van der Waals surface area (Å²) >= 11 is 7.32. The van der Waals surface area contributed by atoms with E-state index in [1.807, 2.05) is 6.07 Å². The average Bonchev–Trinajstić information content (AvgIpc) is 2.20. The van der Waals surface area contributed by atoms with Gasteiger partial charge in [-0.15, -0.1) is 0 Å². The second kappa shape index (κ2) is 5.95. The molecule has 6 heteroatoms. The molecule has 0 saturated heterocycles. The number of halogens is 1. The molecule has 0 aliphatic carbocycles. The van der Waals surface area contributed by atoms with Crippen LogP contribution in [-0.2, 0) is 10.5 Å². The highest BCUT2D eigenvalue weighted by Gasteiger charge is 2.11. The first kappa shape index (κ1) is 12.3. The van der Waals surface area contributed by atoms with Gasteiger partial charge in [0, 0.05) is 23.9 Å². The largest absolute Gasteiger partial charge is 0.480 e. The van der Waals surface area contributed by atoms with Gasteiger partial charge >= 0.3 is 5.97 Å². The third kappa shape index (κ3) is 4.07. The minimum absolute atomic E-state index is 0.369. The van der Waals surface area contributed by atoms with E-state index in [0.717, 1.165) is 5.56 Å². The Morgan fingerprint density at radius 2 is 2.47 bits per heavy atom. The van der Waals surface area contributed by atoms with Crippen molar-refractivity contribution < 1.29 is 9.90 Å². The molecule has 0 fully saturated rings. The summed E-state index contributed by atoms with van der Waals surface area (Å²) in [6, 6.07) is 0.984. The molecule has 4 nitrogen and oxygen atoms in total. The molecule has 0 aliphatic rings. The van der Waals surface area contributed by atoms with E-state index in [1.165, 1.54) is 11.8 Å². The molecule has 0 saturated carbocycles. The first-order valence-corrected chi connectivity index (χ1v) is 5.79. The van der Waals surface area contributed by atoms with Crippen molar-refractivity contribution in [2.75, 3.05) is 5.75 Å². The summed E-state index contributed by atoms with van der Waals surface area (Å²) in [5, 5.41) is 9.15. The highest BCUT2D eigenvalue weighted by molar-refractivity contribution is 7.98. The molecule has 1 aromatic rings. The summed E-state index contributed by atoms with van der Waals surface area (Å²) in [7, 11) is 0. The third-order valence-electron chi connectivity index (χ3n) is 1.73. The normalized spacial score (nSPS) is 12.4. The number of nitrogens with two attached hydrogens (primary N) is 1. The molecule has 3 N–H and O–H groups in total. The van der Waals surface area contributed by atoms with Crippen molar-refractivity contribution in [3.63, 3.8) is 0 Å². The van der Waals surface area contributed by atoms with Gasteiger partial charge in [0.1, 0.15) is 6.04 Å². The molecule has 82 valence electrons. The molecule has 0 aliphatic heterocycles. The summed E-state index contributed by atoms with van der Waals surface area (Å²) in [6.45, 7) is 0. The molecule has 0 spiro atoms. The number of carboxylic acids is 1. The van der Waals surface area contributed by atoms with Gasteiger partial charge in [-0.05, 0) is 11.6 Å². The van der Waals surface area contributed by atoms with Crippen LogP contribution in [0.4, 0.5) is 0 Å². The maximum Gasteiger partial charge on any atom is 0.321 e. The van der Waals surface area contributed by atoms with Crippen LogP contribution in [-0.4, -0.2) is 27.9 Å². The molecule has 0 unspecified atom stereocenters. The summed E-state index contributed by atoms with van der Waals surface area (Å²) in [6.07, 6.45) is 3.22. The van der Waals surface area contributed by atoms with Crippen LogP contribution >= 0.6 is 23.4 Å². The Morgan fingerprint density at radius 3 is 3.07 bits per heavy atom. The highest BCUT2D eigenvalue weighted by Crippen LogP contribution is 2.19. The standard InChI is InChI=1S/C9H11ClN2O2S/c10-7-3-12-2-1-6(7)4-15-5-8(11)9(13)14/h1-3,8H,4-5,11H2,(H,13,14)/t8-/m0/s1. The zero-order valence-corrected chi connectivity index (χ0v) is 9.46. The van der Waals surface area contributed by atoms with Crippen LogP contribution in [0.5, 0.6) is 0 Å². The fraction of sp³-hybridized carbons (Fsp3) is 0.333. The van der Waals surface area contributed by atoms with E-state index in [2.05, 4.69) is 4.98 Å². The Kier molecular flexibility index (Phi) is 4.87. The molecule has 15 heavy (non-hydrogen) atoms. The lowest BCUT2D eigenvalue weighted by atomic mass is 10.3. The van der Waals surface area contributed by atoms with Crippen LogP contribution in [0.25, 0.3) is 0 Å². The Balaban J connectivity index is 2.38. The molecular weight excluding hydrogens is 236 g/mol. The summed E-state index contributed by atoms with van der Waals surface area (Å²) in [4.78, 5) is 14.3. The topological polar surface area (TPSA) is 76.2 Å². The number of thioether (sulfide) groups is 1. The van der Waals surface area contributed by atoms with Crippen molar-refractivity contribution in [3.05, 3.63) is 29.0 Å². The van der Waals surface area contributed by atoms with Crippen molar-refractivity contribution in [1.82, 2.24) is 4.98 Å². The number of nitrogens with zero attached hydrogens (tertiary/aromatic N) is 1. The van der Waals surface area contributed by atoms with Gasteiger partial charge in [0.15, 0.2) is 0 Å². The Hall–Kier alpha value is -0.780. The first-order valence-electron chi connectivity index (χ1n) is 4.25. The highest BCUT2D eigenvalue weighted by atomic mass is 35.5. The predicted molar refractivity (Wildman–Crippen MR) is 61.0 cm³/mol. The lowest BCUT2D eigenvalue weighted by molar-refractivity contribution is -0.137. The van der Waals surface area contributed by atoms with Crippen molar-refractivity contribution in [3.8, 4) is 0 Å². The maximum atomic E-state index is 10.4. The van der Waals surface area contributed by atoms with Gasteiger partial charge in [0.2, 0.25) is 0 Å². The third-order valence-corrected chi connectivity index (χ3v) is 3.18. The zero-order chi connectivity index (χ0) is 11.3. The van der Waals surface area contributed by atoms with Crippen LogP contribution in [0.3, 0.4) is 0 Å². The second-order valence-electron chi connectivity index (χ2n) is 2.93. The zero-order valence-electron chi connectivity index (χ0n) is 7.89. The molecule has 1 aromatic heterocycles. The lowest BCUT2D eigenvalue weighted by Gasteiger charge is -2.06. The van der Waals surface area contributed by atoms with Crippen molar-refractivity contribution in [2.24, 2.45) is 5.73 Å². The van der Waals surface area contributed by atoms with Crippen LogP contribution in [0.15, 0.2) is 18.5 Å². The first-order chi connectivity index (χ1) is 7.11. The number of aromatic nitrogens is 1. The number of hydrogen-bond donors (Lipinski definition) is 2. The van der Waals surface area contributed by atoms with Crippen LogP contribution in [0.1, 0.15) is 5.56 Å². The SMILES string of the molecule is N[C@@H](CSCc1ccncc1Cl)C(=O)O. The van der Waals surface area contributed by atoms with Gasteiger partial charge in [-0.2, -0.15) is 11.8 Å². The number of pyridine rings is 1. The number of hydrogen-bond acceptors (Lipinski definition) is 4. The minimum Gasteiger partial charge on any atom is -0.480 e. The summed E-state index contributed by atoms with van der Waals surface area (Å²) in [5.74, 6) is 0.0272. The van der Waals surface area contributed by atoms with E-state index < -0.39 is 12.0 Å². The number of rotatable bonds is 5. The van der Waals surface area contributed by atoms with E-state index in [4.69, 9.17) is 22.4 Å². The molecule has 0 aromatic carbocycles. The van der Waals surface area contributed by atoms with Gasteiger partial charge in [0.25, 0.3) is 0 Å². The monoisotopic (exact) mass is 246 g/mol. The summed E-state index contributed by atoms with van der Waals surface area (Å²) < 4.78 is 0. The molecule has 0 bridgehead atoms. The number of carboxylic acid groups (broad SMARTS) is 1. The minimum atomic E-state index is -0.983. The van der Waals surface area contributed by atoms with E-state index in [0.29, 0.717) is 16.5 Å². The molecule has 1 heterocycles. The van der Waals surface area contributed by atoms with E-state index in [1.54, 1.807) is 12.4 Å². The number of carbonyl (C=O) groups is 1. The Morgan fingerprint density at radius 1 is 1.73 bits per heavy atom. The van der Waals surface area contributed by atoms with Gasteiger partial charge in [0.05, 0.1) is 5.02 Å². The van der Waals surface area contributed by atoms with Gasteiger partial charge < -0.3 is 10.8 Å². The van der Waals surface area contributed by atoms with Crippen molar-refractivity contribution in [1.29, 1.82) is 0 Å². The fourth-order valence-corrected chi connectivity index (χ4v) is 2.14. The van der Waals surface area contributed by atoms with E-state index in [9.17, 15) is 4.79 Å². The van der Waals surface area contributed by atoms with Crippen LogP contribution < -0.4 is 5.73 Å². The maximum absolute atomic E-state index is 10.4. The lowest BCUT2D eigenvalue weighted by Crippen LogP contribution is -2.32. The quantitative estimate of drug-likeness (QED) is 0.821. The second-order valence-corrected chi connectivity index (χ2v) is 4.36. The Labute approximate surface area is 96.8 Å². The smallest absolute Gasteiger partial charge is 0.321 e. The number of aliphatic carboxylic acids is 1. The molecule has 0 radical (unpaired) electrons.